The van der Waals surface area contributed by atoms with Crippen molar-refractivity contribution in [1.82, 2.24) is 14.5 Å². The van der Waals surface area contributed by atoms with Crippen molar-refractivity contribution in [2.24, 2.45) is 7.05 Å². The second-order valence-electron chi connectivity index (χ2n) is 5.66. The van der Waals surface area contributed by atoms with Crippen LogP contribution >= 0.6 is 7.60 Å². The highest BCUT2D eigenvalue weighted by atomic mass is 31.2. The predicted octanol–water partition coefficient (Wildman–Crippen LogP) is -2.56. The molecular weight excluding hydrogens is 357 g/mol. The summed E-state index contributed by atoms with van der Waals surface area (Å²) in [7, 11) is -2.86. The third-order valence-corrected chi connectivity index (χ3v) is 4.37. The first-order valence-electron chi connectivity index (χ1n) is 7.10. The Morgan fingerprint density at radius 1 is 1.44 bits per heavy atom. The number of aliphatic hydroxyl groups excluding tert-OH is 2. The van der Waals surface area contributed by atoms with Crippen LogP contribution in [0.2, 0.25) is 0 Å². The van der Waals surface area contributed by atoms with Crippen molar-refractivity contribution in [3.05, 3.63) is 28.6 Å². The van der Waals surface area contributed by atoms with E-state index in [2.05, 4.69) is 9.97 Å². The number of hydrogen-bond acceptors (Lipinski definition) is 7. The normalized spacial score (nSPS) is 27.6. The highest BCUT2D eigenvalue weighted by Crippen LogP contribution is 2.37. The largest absolute Gasteiger partial charge is 0.387 e. The molecule has 1 aliphatic rings. The fourth-order valence-corrected chi connectivity index (χ4v) is 3.12. The van der Waals surface area contributed by atoms with Gasteiger partial charge < -0.3 is 30.5 Å². The maximum atomic E-state index is 12.0. The van der Waals surface area contributed by atoms with Crippen molar-refractivity contribution in [2.75, 3.05) is 5.73 Å². The number of anilines is 1. The van der Waals surface area contributed by atoms with Crippen molar-refractivity contribution < 1.29 is 33.9 Å². The van der Waals surface area contributed by atoms with Gasteiger partial charge in [0.2, 0.25) is 11.7 Å². The van der Waals surface area contributed by atoms with Gasteiger partial charge in [-0.3, -0.25) is 18.9 Å². The lowest BCUT2D eigenvalue weighted by atomic mass is 10.1. The monoisotopic (exact) mass is 374 g/mol. The molecule has 0 radical (unpaired) electrons. The van der Waals surface area contributed by atoms with Crippen LogP contribution in [0, 0.1) is 0 Å². The van der Waals surface area contributed by atoms with Crippen LogP contribution in [0.3, 0.4) is 0 Å². The number of aromatic amines is 1. The topological polar surface area (TPSA) is 188 Å². The van der Waals surface area contributed by atoms with Crippen LogP contribution in [0.1, 0.15) is 6.23 Å². The molecule has 25 heavy (non-hydrogen) atoms. The average molecular weight is 374 g/mol. The van der Waals surface area contributed by atoms with Gasteiger partial charge in [0.1, 0.15) is 18.3 Å². The Bertz CT molecular complexity index is 947. The van der Waals surface area contributed by atoms with Crippen LogP contribution in [0.15, 0.2) is 23.0 Å². The van der Waals surface area contributed by atoms with Crippen molar-refractivity contribution in [1.29, 1.82) is 0 Å². The van der Waals surface area contributed by atoms with Crippen molar-refractivity contribution >= 4 is 24.7 Å². The third kappa shape index (κ3) is 3.23. The smallest absolute Gasteiger partial charge is 0.348 e. The lowest BCUT2D eigenvalue weighted by Crippen LogP contribution is -2.46. The van der Waals surface area contributed by atoms with Crippen LogP contribution in [-0.4, -0.2) is 52.8 Å². The highest BCUT2D eigenvalue weighted by molar-refractivity contribution is 7.55. The Morgan fingerprint density at radius 2 is 2.12 bits per heavy atom. The zero-order chi connectivity index (χ0) is 18.5. The van der Waals surface area contributed by atoms with E-state index in [-0.39, 0.29) is 17.1 Å². The molecule has 1 aliphatic heterocycles. The van der Waals surface area contributed by atoms with E-state index in [1.165, 1.54) is 15.5 Å². The van der Waals surface area contributed by atoms with Gasteiger partial charge in [0.05, 0.1) is 7.05 Å². The summed E-state index contributed by atoms with van der Waals surface area (Å²) in [4.78, 5) is 36.1. The van der Waals surface area contributed by atoms with Gasteiger partial charge in [-0.25, -0.2) is 4.57 Å². The second kappa shape index (κ2) is 6.02. The van der Waals surface area contributed by atoms with Crippen molar-refractivity contribution in [3.8, 4) is 0 Å². The van der Waals surface area contributed by atoms with Gasteiger partial charge in [-0.05, 0) is 6.08 Å². The summed E-state index contributed by atoms with van der Waals surface area (Å²) in [6.07, 6.45) is -2.75. The van der Waals surface area contributed by atoms with Gasteiger partial charge >= 0.3 is 13.2 Å². The summed E-state index contributed by atoms with van der Waals surface area (Å²) in [6.45, 7) is 0. The number of nitrogens with zero attached hydrogens (tertiary/aromatic N) is 3. The van der Waals surface area contributed by atoms with E-state index in [1.54, 1.807) is 7.05 Å². The fraction of sp³-hybridized carbons (Fsp3) is 0.417. The Morgan fingerprint density at radius 3 is 2.76 bits per heavy atom. The van der Waals surface area contributed by atoms with E-state index in [0.717, 1.165) is 6.08 Å². The Labute approximate surface area is 140 Å². The Balaban J connectivity index is 2.03. The van der Waals surface area contributed by atoms with Crippen LogP contribution in [0.4, 0.5) is 5.95 Å². The fourth-order valence-electron chi connectivity index (χ4n) is 2.73. The number of aromatic nitrogens is 4. The molecule has 4 atom stereocenters. The summed E-state index contributed by atoms with van der Waals surface area (Å²) in [5.74, 6) is 0.452. The van der Waals surface area contributed by atoms with Gasteiger partial charge in [-0.15, -0.1) is 0 Å². The number of H-pyrrole nitrogens is 1. The summed E-state index contributed by atoms with van der Waals surface area (Å²) in [5, 5.41) is 20.3. The predicted molar refractivity (Wildman–Crippen MR) is 83.0 cm³/mol. The number of aliphatic hydroxyl groups is 2. The Kier molecular flexibility index (Phi) is 4.27. The van der Waals surface area contributed by atoms with E-state index < -0.39 is 37.7 Å². The molecule has 0 aromatic carbocycles. The molecule has 3 heterocycles. The van der Waals surface area contributed by atoms with Crippen LogP contribution in [-0.2, 0) is 16.3 Å². The number of nitrogen functional groups attached to an aromatic ring is 1. The standard InChI is InChI=1S/C12H16N5O7P/c1-16-4-17(9-6(16)10(20)15-12(13)14-9)11-8(19)7(18)5(24-11)2-3-25(21,22)23/h2-5,7-8,11,18-19H,1H3,(H4-,13,14,15,20,21,22,23)/p+1/b3-2+/t5-,7?,8+,11-/m1/s1. The van der Waals surface area contributed by atoms with Crippen molar-refractivity contribution in [3.63, 3.8) is 0 Å². The zero-order valence-corrected chi connectivity index (χ0v) is 13.8. The SMILES string of the molecule is Cn1c[n+]([C@@H]2O[C@H](/C=C/P(=O)(O)O)C(O)[C@@H]2O)c2nc(N)[nH]c(=O)c21. The first-order chi connectivity index (χ1) is 11.6. The van der Waals surface area contributed by atoms with Gasteiger partial charge in [0.15, 0.2) is 6.33 Å². The first-order valence-corrected chi connectivity index (χ1v) is 8.79. The first kappa shape index (κ1) is 17.7. The van der Waals surface area contributed by atoms with E-state index in [4.69, 9.17) is 20.3 Å². The van der Waals surface area contributed by atoms with E-state index in [9.17, 15) is 19.6 Å². The number of fused-ring (bicyclic) bond motifs is 1. The van der Waals surface area contributed by atoms with Gasteiger partial charge in [0, 0.05) is 5.82 Å². The number of hydrogen-bond donors (Lipinski definition) is 6. The van der Waals surface area contributed by atoms with Gasteiger partial charge in [0.25, 0.3) is 11.5 Å². The number of nitrogens with two attached hydrogens (primary N) is 1. The molecule has 0 amide bonds. The molecule has 13 heteroatoms. The van der Waals surface area contributed by atoms with Crippen LogP contribution in [0.5, 0.6) is 0 Å². The molecule has 2 aromatic rings. The average Bonchev–Trinajstić information content (AvgIpc) is 2.95. The molecule has 1 fully saturated rings. The maximum absolute atomic E-state index is 12.0. The number of nitrogens with one attached hydrogen (secondary N) is 1. The quantitative estimate of drug-likeness (QED) is 0.248. The van der Waals surface area contributed by atoms with Gasteiger partial charge in [-0.2, -0.15) is 0 Å². The summed E-state index contributed by atoms with van der Waals surface area (Å²) >= 11 is 0. The molecule has 136 valence electrons. The van der Waals surface area contributed by atoms with E-state index in [0.29, 0.717) is 5.82 Å². The molecule has 0 aliphatic carbocycles. The van der Waals surface area contributed by atoms with E-state index >= 15 is 0 Å². The lowest BCUT2D eigenvalue weighted by Gasteiger charge is -2.11. The number of aryl methyl sites for hydroxylation is 1. The van der Waals surface area contributed by atoms with Crippen LogP contribution < -0.4 is 15.9 Å². The minimum Gasteiger partial charge on any atom is -0.387 e. The lowest BCUT2D eigenvalue weighted by molar-refractivity contribution is -0.745. The molecule has 12 nitrogen and oxygen atoms in total. The summed E-state index contributed by atoms with van der Waals surface area (Å²) in [5.41, 5.74) is 5.35. The molecule has 3 rings (SSSR count). The summed E-state index contributed by atoms with van der Waals surface area (Å²) < 4.78 is 19.2. The number of ether oxygens (including phenoxy) is 1. The van der Waals surface area contributed by atoms with E-state index in [1.807, 2.05) is 0 Å². The molecule has 1 unspecified atom stereocenters. The maximum Gasteiger partial charge on any atom is 0.348 e. The molecule has 0 saturated carbocycles. The zero-order valence-electron chi connectivity index (χ0n) is 12.9. The minimum absolute atomic E-state index is 0.125. The third-order valence-electron chi connectivity index (χ3n) is 3.81. The van der Waals surface area contributed by atoms with Crippen LogP contribution in [0.25, 0.3) is 11.2 Å². The molecule has 0 spiro atoms. The minimum atomic E-state index is -4.44. The molecule has 1 saturated heterocycles. The molecular formula is C12H17N5O7P+. The van der Waals surface area contributed by atoms with Crippen molar-refractivity contribution in [2.45, 2.75) is 24.5 Å². The Hall–Kier alpha value is -2.08. The van der Waals surface area contributed by atoms with Gasteiger partial charge in [-0.1, -0.05) is 4.98 Å². The number of rotatable bonds is 3. The summed E-state index contributed by atoms with van der Waals surface area (Å²) in [6, 6.07) is 0. The highest BCUT2D eigenvalue weighted by Gasteiger charge is 2.46. The second-order valence-corrected chi connectivity index (χ2v) is 7.14. The molecule has 2 aromatic heterocycles. The number of imidazole rings is 1. The molecule has 7 N–H and O–H groups in total. The molecule has 0 bridgehead atoms.